The second-order valence-electron chi connectivity index (χ2n) is 10.9. The van der Waals surface area contributed by atoms with E-state index in [1.54, 1.807) is 0 Å². The molecule has 0 unspecified atom stereocenters. The molecule has 0 spiro atoms. The predicted octanol–water partition coefficient (Wildman–Crippen LogP) is 7.77. The van der Waals surface area contributed by atoms with Crippen molar-refractivity contribution in [2.75, 3.05) is 13.7 Å². The standard InChI is InChI=1S/C34H34INO4/c1-4-39-30-18-22(17-25(35)34(30)40-19-24-20(2)15-16-21-9-5-6-10-23(21)24)31-32-26(11-7-13-28(32)37)36(3)27-12-8-14-29(38)33(27)31/h5-6,9-10,15-18,31H,4,7-8,11-14,19H2,1-3H3. The van der Waals surface area contributed by atoms with Gasteiger partial charge >= 0.3 is 0 Å². The van der Waals surface area contributed by atoms with Crippen LogP contribution in [0.4, 0.5) is 0 Å². The maximum absolute atomic E-state index is 13.4. The summed E-state index contributed by atoms with van der Waals surface area (Å²) >= 11 is 2.31. The summed E-state index contributed by atoms with van der Waals surface area (Å²) in [4.78, 5) is 29.0. The van der Waals surface area contributed by atoms with E-state index in [1.807, 2.05) is 20.0 Å². The molecule has 0 bridgehead atoms. The Balaban J connectivity index is 1.44. The summed E-state index contributed by atoms with van der Waals surface area (Å²) < 4.78 is 13.6. The van der Waals surface area contributed by atoms with Crippen LogP contribution in [-0.4, -0.2) is 30.1 Å². The highest BCUT2D eigenvalue weighted by Gasteiger charge is 2.42. The molecule has 0 atom stereocenters. The summed E-state index contributed by atoms with van der Waals surface area (Å²) in [5.74, 6) is 1.30. The van der Waals surface area contributed by atoms with Crippen LogP contribution in [0.2, 0.25) is 0 Å². The minimum absolute atomic E-state index is 0.155. The number of rotatable bonds is 6. The molecule has 1 aliphatic heterocycles. The Morgan fingerprint density at radius 2 is 1.57 bits per heavy atom. The molecule has 0 aromatic heterocycles. The highest BCUT2D eigenvalue weighted by Crippen LogP contribution is 2.50. The van der Waals surface area contributed by atoms with Gasteiger partial charge in [0.2, 0.25) is 0 Å². The van der Waals surface area contributed by atoms with Crippen LogP contribution < -0.4 is 9.47 Å². The van der Waals surface area contributed by atoms with Crippen LogP contribution in [0.25, 0.3) is 10.8 Å². The summed E-state index contributed by atoms with van der Waals surface area (Å²) in [6.45, 7) is 4.97. The molecule has 0 radical (unpaired) electrons. The number of ketones is 2. The van der Waals surface area contributed by atoms with Crippen molar-refractivity contribution in [1.29, 1.82) is 0 Å². The van der Waals surface area contributed by atoms with Gasteiger partial charge in [-0.15, -0.1) is 0 Å². The van der Waals surface area contributed by atoms with Crippen molar-refractivity contribution in [3.63, 3.8) is 0 Å². The van der Waals surface area contributed by atoms with E-state index >= 15 is 0 Å². The van der Waals surface area contributed by atoms with Crippen LogP contribution >= 0.6 is 22.6 Å². The van der Waals surface area contributed by atoms with E-state index in [1.165, 1.54) is 16.3 Å². The number of ether oxygens (including phenoxy) is 2. The smallest absolute Gasteiger partial charge is 0.174 e. The molecule has 3 aromatic carbocycles. The van der Waals surface area contributed by atoms with Gasteiger partial charge in [0, 0.05) is 53.9 Å². The minimum atomic E-state index is -0.358. The van der Waals surface area contributed by atoms with Gasteiger partial charge in [-0.1, -0.05) is 36.4 Å². The van der Waals surface area contributed by atoms with Crippen LogP contribution in [-0.2, 0) is 16.2 Å². The number of nitrogens with zero attached hydrogens (tertiary/aromatic N) is 1. The van der Waals surface area contributed by atoms with Gasteiger partial charge in [0.15, 0.2) is 23.1 Å². The molecule has 0 fully saturated rings. The zero-order valence-electron chi connectivity index (χ0n) is 23.3. The molecule has 0 amide bonds. The topological polar surface area (TPSA) is 55.8 Å². The second kappa shape index (κ2) is 11.0. The van der Waals surface area contributed by atoms with Gasteiger partial charge in [-0.25, -0.2) is 0 Å². The summed E-state index contributed by atoms with van der Waals surface area (Å²) in [6.07, 6.45) is 4.49. The molecule has 2 aliphatic carbocycles. The molecule has 0 saturated carbocycles. The average Bonchev–Trinajstić information content (AvgIpc) is 2.94. The van der Waals surface area contributed by atoms with Crippen molar-refractivity contribution in [2.24, 2.45) is 0 Å². The van der Waals surface area contributed by atoms with Crippen molar-refractivity contribution in [3.05, 3.63) is 91.3 Å². The normalized spacial score (nSPS) is 17.9. The van der Waals surface area contributed by atoms with Gasteiger partial charge in [-0.2, -0.15) is 0 Å². The summed E-state index contributed by atoms with van der Waals surface area (Å²) in [5.41, 5.74) is 7.01. The Hall–Kier alpha value is -3.13. The van der Waals surface area contributed by atoms with Crippen molar-refractivity contribution in [1.82, 2.24) is 4.90 Å². The number of hydrogen-bond donors (Lipinski definition) is 0. The molecule has 40 heavy (non-hydrogen) atoms. The third-order valence-electron chi connectivity index (χ3n) is 8.55. The first-order valence-corrected chi connectivity index (χ1v) is 15.3. The molecule has 206 valence electrons. The van der Waals surface area contributed by atoms with Crippen LogP contribution in [0.15, 0.2) is 71.1 Å². The van der Waals surface area contributed by atoms with E-state index < -0.39 is 0 Å². The van der Waals surface area contributed by atoms with E-state index in [0.29, 0.717) is 37.6 Å². The Labute approximate surface area is 249 Å². The maximum atomic E-state index is 13.4. The quantitative estimate of drug-likeness (QED) is 0.256. The first-order valence-electron chi connectivity index (χ1n) is 14.2. The van der Waals surface area contributed by atoms with E-state index in [-0.39, 0.29) is 17.5 Å². The minimum Gasteiger partial charge on any atom is -0.490 e. The molecule has 5 nitrogen and oxygen atoms in total. The number of hydrogen-bond acceptors (Lipinski definition) is 5. The Morgan fingerprint density at radius 1 is 0.900 bits per heavy atom. The molecular weight excluding hydrogens is 613 g/mol. The van der Waals surface area contributed by atoms with Crippen molar-refractivity contribution in [2.45, 2.75) is 64.9 Å². The van der Waals surface area contributed by atoms with E-state index in [2.05, 4.69) is 76.9 Å². The molecule has 3 aliphatic rings. The van der Waals surface area contributed by atoms with Crippen LogP contribution in [0.5, 0.6) is 11.5 Å². The van der Waals surface area contributed by atoms with Crippen molar-refractivity contribution >= 4 is 44.9 Å². The molecule has 1 heterocycles. The lowest BCUT2D eigenvalue weighted by Gasteiger charge is -2.42. The lowest BCUT2D eigenvalue weighted by atomic mass is 9.71. The van der Waals surface area contributed by atoms with Crippen LogP contribution in [0.3, 0.4) is 0 Å². The number of benzene rings is 3. The van der Waals surface area contributed by atoms with Crippen molar-refractivity contribution < 1.29 is 19.1 Å². The average molecular weight is 648 g/mol. The third-order valence-corrected chi connectivity index (χ3v) is 9.35. The van der Waals surface area contributed by atoms with Crippen LogP contribution in [0, 0.1) is 10.5 Å². The van der Waals surface area contributed by atoms with Crippen molar-refractivity contribution in [3.8, 4) is 11.5 Å². The van der Waals surface area contributed by atoms with Gasteiger partial charge in [-0.3, -0.25) is 9.59 Å². The Morgan fingerprint density at radius 3 is 2.25 bits per heavy atom. The number of fused-ring (bicyclic) bond motifs is 1. The molecule has 6 rings (SSSR count). The maximum Gasteiger partial charge on any atom is 0.174 e. The number of aryl methyl sites for hydroxylation is 1. The fourth-order valence-electron chi connectivity index (χ4n) is 6.62. The van der Waals surface area contributed by atoms with Gasteiger partial charge in [0.05, 0.1) is 10.2 Å². The number of carbonyl (C=O) groups is 2. The van der Waals surface area contributed by atoms with Gasteiger partial charge in [0.1, 0.15) is 6.61 Å². The first kappa shape index (κ1) is 27.1. The summed E-state index contributed by atoms with van der Waals surface area (Å²) in [7, 11) is 2.03. The van der Waals surface area contributed by atoms with Gasteiger partial charge in [-0.05, 0) is 96.2 Å². The largest absolute Gasteiger partial charge is 0.490 e. The SMILES string of the molecule is CCOc1cc(C2C3=C(CCCC3=O)N(C)C3=C2C(=O)CCC3)cc(I)c1OCc1c(C)ccc2ccccc12. The molecule has 0 saturated heterocycles. The first-order chi connectivity index (χ1) is 19.4. The monoisotopic (exact) mass is 647 g/mol. The molecular formula is C34H34INO4. The molecule has 0 N–H and O–H groups in total. The lowest BCUT2D eigenvalue weighted by molar-refractivity contribution is -0.117. The summed E-state index contributed by atoms with van der Waals surface area (Å²) in [5, 5.41) is 2.37. The van der Waals surface area contributed by atoms with E-state index in [0.717, 1.165) is 62.9 Å². The highest BCUT2D eigenvalue weighted by molar-refractivity contribution is 14.1. The Bertz CT molecular complexity index is 1560. The number of Topliss-reactive ketones (excluding diaryl/α,β-unsaturated/α-hetero) is 2. The van der Waals surface area contributed by atoms with Gasteiger partial charge in [0.25, 0.3) is 0 Å². The number of halogens is 1. The predicted molar refractivity (Wildman–Crippen MR) is 166 cm³/mol. The lowest BCUT2D eigenvalue weighted by Crippen LogP contribution is -2.37. The van der Waals surface area contributed by atoms with Gasteiger partial charge < -0.3 is 14.4 Å². The fraction of sp³-hybridized carbons (Fsp3) is 0.353. The summed E-state index contributed by atoms with van der Waals surface area (Å²) in [6, 6.07) is 16.7. The number of carbonyl (C=O) groups excluding carboxylic acids is 2. The zero-order valence-corrected chi connectivity index (χ0v) is 25.5. The molecule has 3 aromatic rings. The molecule has 6 heteroatoms. The van der Waals surface area contributed by atoms with E-state index in [4.69, 9.17) is 9.47 Å². The zero-order chi connectivity index (χ0) is 28.0. The fourth-order valence-corrected chi connectivity index (χ4v) is 7.41. The Kier molecular flexibility index (Phi) is 7.46. The van der Waals surface area contributed by atoms with E-state index in [9.17, 15) is 9.59 Å². The second-order valence-corrected chi connectivity index (χ2v) is 12.1. The third kappa shape index (κ3) is 4.64. The highest BCUT2D eigenvalue weighted by atomic mass is 127. The number of allylic oxidation sites excluding steroid dienone is 4. The van der Waals surface area contributed by atoms with Crippen LogP contribution in [0.1, 0.15) is 68.1 Å².